The zero-order valence-electron chi connectivity index (χ0n) is 17.7. The minimum absolute atomic E-state index is 0.0850. The third kappa shape index (κ3) is 5.19. The van der Waals surface area contributed by atoms with Gasteiger partial charge in [0.15, 0.2) is 18.2 Å². The van der Waals surface area contributed by atoms with Gasteiger partial charge in [-0.25, -0.2) is 18.7 Å². The van der Waals surface area contributed by atoms with Crippen LogP contribution in [0.3, 0.4) is 0 Å². The second kappa shape index (κ2) is 9.72. The van der Waals surface area contributed by atoms with Gasteiger partial charge in [-0.2, -0.15) is 0 Å². The third-order valence-electron chi connectivity index (χ3n) is 5.46. The number of hydrogen-bond donors (Lipinski definition) is 1. The number of aryl methyl sites for hydroxylation is 1. The molecule has 8 heteroatoms. The van der Waals surface area contributed by atoms with Crippen LogP contribution in [0.25, 0.3) is 0 Å². The van der Waals surface area contributed by atoms with E-state index in [-0.39, 0.29) is 24.2 Å². The van der Waals surface area contributed by atoms with Crippen molar-refractivity contribution in [3.05, 3.63) is 77.6 Å². The molecule has 0 aliphatic carbocycles. The second-order valence-corrected chi connectivity index (χ2v) is 7.78. The number of piperidine rings is 1. The van der Waals surface area contributed by atoms with E-state index in [1.165, 1.54) is 6.07 Å². The minimum Gasteiger partial charge on any atom is -0.481 e. The number of nitrogens with zero attached hydrogens (tertiary/aromatic N) is 3. The summed E-state index contributed by atoms with van der Waals surface area (Å²) in [4.78, 5) is 23.4. The van der Waals surface area contributed by atoms with E-state index in [2.05, 4.69) is 10.3 Å². The van der Waals surface area contributed by atoms with E-state index in [4.69, 9.17) is 9.72 Å². The summed E-state index contributed by atoms with van der Waals surface area (Å²) in [5, 5.41) is 3.25. The number of pyridine rings is 2. The van der Waals surface area contributed by atoms with Gasteiger partial charge in [0.1, 0.15) is 17.5 Å². The highest BCUT2D eigenvalue weighted by Gasteiger charge is 2.26. The molecule has 1 atom stereocenters. The molecule has 3 heterocycles. The molecule has 0 radical (unpaired) electrons. The largest absolute Gasteiger partial charge is 0.481 e. The first-order valence-electron chi connectivity index (χ1n) is 10.5. The Labute approximate surface area is 185 Å². The molecule has 166 valence electrons. The zero-order chi connectivity index (χ0) is 22.5. The fourth-order valence-electron chi connectivity index (χ4n) is 3.75. The number of rotatable bonds is 6. The van der Waals surface area contributed by atoms with Gasteiger partial charge >= 0.3 is 0 Å². The third-order valence-corrected chi connectivity index (χ3v) is 5.46. The molecule has 0 bridgehead atoms. The van der Waals surface area contributed by atoms with Crippen molar-refractivity contribution in [3.63, 3.8) is 0 Å². The fraction of sp³-hybridized carbons (Fsp3) is 0.292. The Kier molecular flexibility index (Phi) is 6.58. The van der Waals surface area contributed by atoms with Gasteiger partial charge in [0.05, 0.1) is 0 Å². The summed E-state index contributed by atoms with van der Waals surface area (Å²) >= 11 is 0. The molecular formula is C24H24F2N4O2. The maximum atomic E-state index is 13.7. The molecule has 1 aliphatic heterocycles. The molecule has 1 fully saturated rings. The number of ether oxygens (including phenoxy) is 1. The lowest BCUT2D eigenvalue weighted by Gasteiger charge is -2.32. The first kappa shape index (κ1) is 21.7. The van der Waals surface area contributed by atoms with Gasteiger partial charge in [0, 0.05) is 37.0 Å². The van der Waals surface area contributed by atoms with E-state index < -0.39 is 11.6 Å². The Hall–Kier alpha value is -3.55. The molecular weight excluding hydrogens is 414 g/mol. The van der Waals surface area contributed by atoms with Crippen LogP contribution in [-0.4, -0.2) is 40.5 Å². The molecule has 1 aromatic carbocycles. The lowest BCUT2D eigenvalue weighted by atomic mass is 9.94. The van der Waals surface area contributed by atoms with Crippen LogP contribution >= 0.6 is 0 Å². The van der Waals surface area contributed by atoms with Gasteiger partial charge in [-0.15, -0.1) is 0 Å². The number of halogens is 2. The Bertz CT molecular complexity index is 1110. The molecule has 0 spiro atoms. The van der Waals surface area contributed by atoms with Crippen LogP contribution in [0.15, 0.2) is 54.7 Å². The molecule has 1 saturated heterocycles. The highest BCUT2D eigenvalue weighted by molar-refractivity contribution is 5.78. The van der Waals surface area contributed by atoms with Crippen LogP contribution in [-0.2, 0) is 4.79 Å². The fourth-order valence-corrected chi connectivity index (χ4v) is 3.75. The molecule has 6 nitrogen and oxygen atoms in total. The molecule has 0 saturated carbocycles. The van der Waals surface area contributed by atoms with E-state index in [9.17, 15) is 13.6 Å². The quantitative estimate of drug-likeness (QED) is 0.610. The van der Waals surface area contributed by atoms with E-state index in [1.54, 1.807) is 11.1 Å². The molecule has 1 N–H and O–H groups in total. The van der Waals surface area contributed by atoms with E-state index in [1.807, 2.05) is 37.3 Å². The predicted molar refractivity (Wildman–Crippen MR) is 117 cm³/mol. The lowest BCUT2D eigenvalue weighted by Crippen LogP contribution is -2.41. The molecule has 1 unspecified atom stereocenters. The topological polar surface area (TPSA) is 67.4 Å². The second-order valence-electron chi connectivity index (χ2n) is 7.78. The summed E-state index contributed by atoms with van der Waals surface area (Å²) in [6, 6.07) is 12.6. The number of hydrogen-bond acceptors (Lipinski definition) is 5. The first-order chi connectivity index (χ1) is 15.5. The van der Waals surface area contributed by atoms with Crippen molar-refractivity contribution in [3.8, 4) is 5.75 Å². The van der Waals surface area contributed by atoms with E-state index >= 15 is 0 Å². The van der Waals surface area contributed by atoms with Crippen LogP contribution in [0, 0.1) is 18.6 Å². The number of amides is 1. The summed E-state index contributed by atoms with van der Waals surface area (Å²) < 4.78 is 32.0. The smallest absolute Gasteiger partial charge is 0.260 e. The predicted octanol–water partition coefficient (Wildman–Crippen LogP) is 4.59. The van der Waals surface area contributed by atoms with Crippen molar-refractivity contribution in [2.45, 2.75) is 25.7 Å². The summed E-state index contributed by atoms with van der Waals surface area (Å²) in [5.74, 6) is -0.365. The Balaban J connectivity index is 1.39. The summed E-state index contributed by atoms with van der Waals surface area (Å²) in [6.45, 7) is 2.79. The highest BCUT2D eigenvalue weighted by atomic mass is 19.1. The van der Waals surface area contributed by atoms with E-state index in [0.717, 1.165) is 42.0 Å². The van der Waals surface area contributed by atoms with Gasteiger partial charge in [-0.3, -0.25) is 4.79 Å². The van der Waals surface area contributed by atoms with Crippen molar-refractivity contribution in [2.75, 3.05) is 25.0 Å². The average molecular weight is 438 g/mol. The molecule has 2 aromatic heterocycles. The minimum atomic E-state index is -0.828. The van der Waals surface area contributed by atoms with Crippen molar-refractivity contribution in [2.24, 2.45) is 0 Å². The maximum absolute atomic E-state index is 13.7. The SMILES string of the molecule is Cc1cccnc1Nc1cccc(C2CCCN(C(=O)COc3ccc(F)cc3F)C2)n1. The number of carbonyl (C=O) groups is 1. The van der Waals surface area contributed by atoms with E-state index in [0.29, 0.717) is 18.9 Å². The van der Waals surface area contributed by atoms with Crippen LogP contribution in [0.1, 0.15) is 30.0 Å². The van der Waals surface area contributed by atoms with Gasteiger partial charge < -0.3 is 15.0 Å². The van der Waals surface area contributed by atoms with Gasteiger partial charge in [-0.05, 0) is 55.7 Å². The van der Waals surface area contributed by atoms with Crippen molar-refractivity contribution < 1.29 is 18.3 Å². The summed E-state index contributed by atoms with van der Waals surface area (Å²) in [7, 11) is 0. The van der Waals surface area contributed by atoms with Gasteiger partial charge in [0.2, 0.25) is 0 Å². The van der Waals surface area contributed by atoms with Gasteiger partial charge in [0.25, 0.3) is 5.91 Å². The van der Waals surface area contributed by atoms with Crippen LogP contribution in [0.2, 0.25) is 0 Å². The van der Waals surface area contributed by atoms with Crippen molar-refractivity contribution >= 4 is 17.5 Å². The molecule has 3 aromatic rings. The average Bonchev–Trinajstić information content (AvgIpc) is 2.80. The first-order valence-corrected chi connectivity index (χ1v) is 10.5. The van der Waals surface area contributed by atoms with Crippen LogP contribution < -0.4 is 10.1 Å². The number of likely N-dealkylation sites (tertiary alicyclic amines) is 1. The number of aromatic nitrogens is 2. The molecule has 1 aliphatic rings. The number of carbonyl (C=O) groups excluding carboxylic acids is 1. The van der Waals surface area contributed by atoms with Crippen molar-refractivity contribution in [1.82, 2.24) is 14.9 Å². The monoisotopic (exact) mass is 438 g/mol. The molecule has 32 heavy (non-hydrogen) atoms. The number of nitrogens with one attached hydrogen (secondary N) is 1. The van der Waals surface area contributed by atoms with Crippen molar-refractivity contribution in [1.29, 1.82) is 0 Å². The molecule has 1 amide bonds. The van der Waals surface area contributed by atoms with Crippen LogP contribution in [0.5, 0.6) is 5.75 Å². The number of anilines is 2. The lowest BCUT2D eigenvalue weighted by molar-refractivity contribution is -0.134. The standard InChI is InChI=1S/C24H24F2N4O2/c1-16-5-3-11-27-24(16)29-22-8-2-7-20(28-22)17-6-4-12-30(14-17)23(31)15-32-21-10-9-18(25)13-19(21)26/h2-3,5,7-11,13,17H,4,6,12,14-15H2,1H3,(H,27,28,29). The van der Waals surface area contributed by atoms with Gasteiger partial charge in [-0.1, -0.05) is 12.1 Å². The Morgan fingerprint density at radius 1 is 1.22 bits per heavy atom. The van der Waals surface area contributed by atoms with Crippen LogP contribution in [0.4, 0.5) is 20.4 Å². The number of benzene rings is 1. The maximum Gasteiger partial charge on any atom is 0.260 e. The Morgan fingerprint density at radius 3 is 2.91 bits per heavy atom. The zero-order valence-corrected chi connectivity index (χ0v) is 17.7. The normalized spacial score (nSPS) is 16.0. The highest BCUT2D eigenvalue weighted by Crippen LogP contribution is 2.27. The molecule has 4 rings (SSSR count). The Morgan fingerprint density at radius 2 is 2.09 bits per heavy atom. The summed E-state index contributed by atoms with van der Waals surface area (Å²) in [6.07, 6.45) is 3.47. The summed E-state index contributed by atoms with van der Waals surface area (Å²) in [5.41, 5.74) is 1.92.